The maximum atomic E-state index is 11.9. The molecule has 0 aromatic heterocycles. The highest BCUT2D eigenvalue weighted by Gasteiger charge is 2.28. The highest BCUT2D eigenvalue weighted by atomic mass is 16.2. The molecule has 102 valence electrons. The minimum atomic E-state index is 0.153. The molecule has 0 spiro atoms. The van der Waals surface area contributed by atoms with Crippen LogP contribution in [0.1, 0.15) is 31.2 Å². The summed E-state index contributed by atoms with van der Waals surface area (Å²) in [5.74, 6) is 0.729. The van der Waals surface area contributed by atoms with Gasteiger partial charge in [0.2, 0.25) is 0 Å². The first-order chi connectivity index (χ1) is 9.31. The van der Waals surface area contributed by atoms with E-state index in [0.717, 1.165) is 51.1 Å². The van der Waals surface area contributed by atoms with Crippen molar-refractivity contribution in [3.05, 3.63) is 35.9 Å². The SMILES string of the molecule is O=C(NC1CC1)N1CCC(Cc2ccccc2)CC1. The predicted molar refractivity (Wildman–Crippen MR) is 76.0 cm³/mol. The zero-order chi connectivity index (χ0) is 13.1. The van der Waals surface area contributed by atoms with Crippen molar-refractivity contribution in [2.24, 2.45) is 5.92 Å². The molecule has 1 aliphatic carbocycles. The summed E-state index contributed by atoms with van der Waals surface area (Å²) in [5, 5.41) is 3.08. The van der Waals surface area contributed by atoms with Gasteiger partial charge in [0.15, 0.2) is 0 Å². The molecule has 1 N–H and O–H groups in total. The monoisotopic (exact) mass is 258 g/mol. The molecule has 2 fully saturated rings. The number of rotatable bonds is 3. The number of piperidine rings is 1. The molecule has 3 rings (SSSR count). The lowest BCUT2D eigenvalue weighted by molar-refractivity contribution is 0.170. The van der Waals surface area contributed by atoms with Crippen LogP contribution in [0.25, 0.3) is 0 Å². The van der Waals surface area contributed by atoms with E-state index in [2.05, 4.69) is 35.6 Å². The summed E-state index contributed by atoms with van der Waals surface area (Å²) >= 11 is 0. The second-order valence-electron chi connectivity index (χ2n) is 5.84. The van der Waals surface area contributed by atoms with Gasteiger partial charge in [0, 0.05) is 19.1 Å². The number of carbonyl (C=O) groups excluding carboxylic acids is 1. The standard InChI is InChI=1S/C16H22N2O/c19-16(17-15-6-7-15)18-10-8-14(9-11-18)12-13-4-2-1-3-5-13/h1-5,14-15H,6-12H2,(H,17,19). The fourth-order valence-electron chi connectivity index (χ4n) is 2.78. The first kappa shape index (κ1) is 12.5. The minimum absolute atomic E-state index is 0.153. The Morgan fingerprint density at radius 3 is 2.42 bits per heavy atom. The lowest BCUT2D eigenvalue weighted by Crippen LogP contribution is -2.45. The zero-order valence-electron chi connectivity index (χ0n) is 11.3. The fourth-order valence-corrected chi connectivity index (χ4v) is 2.78. The molecule has 0 atom stereocenters. The van der Waals surface area contributed by atoms with Crippen LogP contribution in [0.15, 0.2) is 30.3 Å². The fraction of sp³-hybridized carbons (Fsp3) is 0.562. The maximum Gasteiger partial charge on any atom is 0.317 e. The number of likely N-dealkylation sites (tertiary alicyclic amines) is 1. The molecule has 0 bridgehead atoms. The number of urea groups is 1. The molecule has 2 aliphatic rings. The van der Waals surface area contributed by atoms with Crippen LogP contribution < -0.4 is 5.32 Å². The maximum absolute atomic E-state index is 11.9. The van der Waals surface area contributed by atoms with Crippen LogP contribution in [0.4, 0.5) is 4.79 Å². The Balaban J connectivity index is 1.45. The van der Waals surface area contributed by atoms with E-state index in [1.807, 2.05) is 4.90 Å². The molecular formula is C16H22N2O. The third-order valence-electron chi connectivity index (χ3n) is 4.17. The zero-order valence-corrected chi connectivity index (χ0v) is 11.3. The Labute approximate surface area is 115 Å². The van der Waals surface area contributed by atoms with E-state index < -0.39 is 0 Å². The van der Waals surface area contributed by atoms with Crippen LogP contribution in [-0.4, -0.2) is 30.1 Å². The third-order valence-corrected chi connectivity index (χ3v) is 4.17. The normalized spacial score (nSPS) is 20.3. The van der Waals surface area contributed by atoms with Crippen molar-refractivity contribution >= 4 is 6.03 Å². The van der Waals surface area contributed by atoms with Crippen molar-refractivity contribution in [3.8, 4) is 0 Å². The summed E-state index contributed by atoms with van der Waals surface area (Å²) in [7, 11) is 0. The second kappa shape index (κ2) is 5.64. The van der Waals surface area contributed by atoms with Gasteiger partial charge in [-0.25, -0.2) is 4.79 Å². The molecule has 1 heterocycles. The van der Waals surface area contributed by atoms with Crippen molar-refractivity contribution in [1.29, 1.82) is 0 Å². The topological polar surface area (TPSA) is 32.3 Å². The molecule has 3 nitrogen and oxygen atoms in total. The molecule has 1 aromatic rings. The molecular weight excluding hydrogens is 236 g/mol. The summed E-state index contributed by atoms with van der Waals surface area (Å²) in [6.45, 7) is 1.83. The van der Waals surface area contributed by atoms with Gasteiger partial charge in [0.05, 0.1) is 0 Å². The first-order valence-electron chi connectivity index (χ1n) is 7.40. The van der Waals surface area contributed by atoms with Gasteiger partial charge in [-0.05, 0) is 43.6 Å². The van der Waals surface area contributed by atoms with Gasteiger partial charge in [-0.2, -0.15) is 0 Å². The predicted octanol–water partition coefficient (Wildman–Crippen LogP) is 2.81. The Morgan fingerprint density at radius 2 is 1.79 bits per heavy atom. The van der Waals surface area contributed by atoms with E-state index in [1.54, 1.807) is 0 Å². The molecule has 2 amide bonds. The summed E-state index contributed by atoms with van der Waals surface area (Å²) in [4.78, 5) is 13.9. The van der Waals surface area contributed by atoms with Crippen molar-refractivity contribution in [2.45, 2.75) is 38.1 Å². The number of nitrogens with one attached hydrogen (secondary N) is 1. The van der Waals surface area contributed by atoms with E-state index in [4.69, 9.17) is 0 Å². The molecule has 0 radical (unpaired) electrons. The van der Waals surface area contributed by atoms with Gasteiger partial charge in [-0.15, -0.1) is 0 Å². The lowest BCUT2D eigenvalue weighted by Gasteiger charge is -2.32. The van der Waals surface area contributed by atoms with E-state index in [-0.39, 0.29) is 6.03 Å². The Morgan fingerprint density at radius 1 is 1.11 bits per heavy atom. The Kier molecular flexibility index (Phi) is 3.72. The number of amides is 2. The number of nitrogens with zero attached hydrogens (tertiary/aromatic N) is 1. The summed E-state index contributed by atoms with van der Waals surface area (Å²) in [5.41, 5.74) is 1.42. The van der Waals surface area contributed by atoms with Crippen molar-refractivity contribution in [1.82, 2.24) is 10.2 Å². The van der Waals surface area contributed by atoms with Crippen molar-refractivity contribution in [3.63, 3.8) is 0 Å². The van der Waals surface area contributed by atoms with Crippen molar-refractivity contribution < 1.29 is 4.79 Å². The molecule has 0 unspecified atom stereocenters. The molecule has 3 heteroatoms. The Hall–Kier alpha value is -1.51. The largest absolute Gasteiger partial charge is 0.335 e. The quantitative estimate of drug-likeness (QED) is 0.888. The molecule has 19 heavy (non-hydrogen) atoms. The summed E-state index contributed by atoms with van der Waals surface area (Å²) < 4.78 is 0. The molecule has 1 aliphatic heterocycles. The van der Waals surface area contributed by atoms with Crippen LogP contribution in [-0.2, 0) is 6.42 Å². The third kappa shape index (κ3) is 3.49. The molecule has 1 saturated heterocycles. The van der Waals surface area contributed by atoms with Gasteiger partial charge in [0.25, 0.3) is 0 Å². The van der Waals surface area contributed by atoms with Gasteiger partial charge < -0.3 is 10.2 Å². The average Bonchev–Trinajstić information content (AvgIpc) is 3.25. The second-order valence-corrected chi connectivity index (χ2v) is 5.84. The highest BCUT2D eigenvalue weighted by molar-refractivity contribution is 5.74. The van der Waals surface area contributed by atoms with Crippen LogP contribution in [0.3, 0.4) is 0 Å². The van der Waals surface area contributed by atoms with Crippen LogP contribution in [0, 0.1) is 5.92 Å². The molecule has 1 aromatic carbocycles. The van der Waals surface area contributed by atoms with Gasteiger partial charge in [-0.1, -0.05) is 30.3 Å². The smallest absolute Gasteiger partial charge is 0.317 e. The lowest BCUT2D eigenvalue weighted by atomic mass is 9.90. The van der Waals surface area contributed by atoms with E-state index in [0.29, 0.717) is 6.04 Å². The van der Waals surface area contributed by atoms with Crippen LogP contribution in [0.2, 0.25) is 0 Å². The van der Waals surface area contributed by atoms with E-state index >= 15 is 0 Å². The van der Waals surface area contributed by atoms with E-state index in [1.165, 1.54) is 5.56 Å². The van der Waals surface area contributed by atoms with Crippen molar-refractivity contribution in [2.75, 3.05) is 13.1 Å². The number of hydrogen-bond donors (Lipinski definition) is 1. The highest BCUT2D eigenvalue weighted by Crippen LogP contribution is 2.23. The van der Waals surface area contributed by atoms with E-state index in [9.17, 15) is 4.79 Å². The van der Waals surface area contributed by atoms with Gasteiger partial charge in [0.1, 0.15) is 0 Å². The minimum Gasteiger partial charge on any atom is -0.335 e. The summed E-state index contributed by atoms with van der Waals surface area (Å²) in [6, 6.07) is 11.3. The number of benzene rings is 1. The first-order valence-corrected chi connectivity index (χ1v) is 7.40. The average molecular weight is 258 g/mol. The van der Waals surface area contributed by atoms with Crippen LogP contribution >= 0.6 is 0 Å². The van der Waals surface area contributed by atoms with Gasteiger partial charge >= 0.3 is 6.03 Å². The van der Waals surface area contributed by atoms with Crippen LogP contribution in [0.5, 0.6) is 0 Å². The summed E-state index contributed by atoms with van der Waals surface area (Å²) in [6.07, 6.45) is 5.74. The number of carbonyl (C=O) groups is 1. The Bertz CT molecular complexity index is 420. The molecule has 1 saturated carbocycles. The number of hydrogen-bond acceptors (Lipinski definition) is 1. The van der Waals surface area contributed by atoms with Gasteiger partial charge in [-0.3, -0.25) is 0 Å².